The predicted molar refractivity (Wildman–Crippen MR) is 66.3 cm³/mol. The van der Waals surface area contributed by atoms with Gasteiger partial charge in [-0.25, -0.2) is 4.79 Å². The van der Waals surface area contributed by atoms with E-state index in [2.05, 4.69) is 10.1 Å². The Hall–Kier alpha value is -2.37. The zero-order valence-corrected chi connectivity index (χ0v) is 10.5. The Morgan fingerprint density at radius 3 is 2.42 bits per heavy atom. The summed E-state index contributed by atoms with van der Waals surface area (Å²) < 4.78 is 4.59. The summed E-state index contributed by atoms with van der Waals surface area (Å²) in [5, 5.41) is 10.9. The summed E-state index contributed by atoms with van der Waals surface area (Å²) in [6.45, 7) is 0. The molecule has 6 heteroatoms. The molecule has 0 radical (unpaired) electrons. The highest BCUT2D eigenvalue weighted by Crippen LogP contribution is 2.04. The minimum absolute atomic E-state index is 0.249. The number of rotatable bonds is 6. The summed E-state index contributed by atoms with van der Waals surface area (Å²) in [7, 11) is 1.21. The lowest BCUT2D eigenvalue weighted by Gasteiger charge is -2.16. The van der Waals surface area contributed by atoms with Crippen LogP contribution in [0.3, 0.4) is 0 Å². The van der Waals surface area contributed by atoms with Gasteiger partial charge in [-0.3, -0.25) is 9.59 Å². The molecule has 6 nitrogen and oxygen atoms in total. The van der Waals surface area contributed by atoms with Crippen molar-refractivity contribution < 1.29 is 24.2 Å². The van der Waals surface area contributed by atoms with E-state index < -0.39 is 30.3 Å². The number of carboxylic acids is 1. The van der Waals surface area contributed by atoms with Crippen LogP contribution in [0.1, 0.15) is 12.0 Å². The molecule has 2 N–H and O–H groups in total. The maximum Gasteiger partial charge on any atom is 0.328 e. The summed E-state index contributed by atoms with van der Waals surface area (Å²) >= 11 is 0. The van der Waals surface area contributed by atoms with E-state index in [1.54, 1.807) is 12.1 Å². The second-order valence-corrected chi connectivity index (χ2v) is 3.90. The SMILES string of the molecule is COC(=O)C(Cc1ccccc1)NC(=O)CC(=O)O. The number of methoxy groups -OCH3 is 1. The van der Waals surface area contributed by atoms with Gasteiger partial charge in [0.15, 0.2) is 0 Å². The molecule has 1 amide bonds. The Morgan fingerprint density at radius 2 is 1.89 bits per heavy atom. The molecule has 0 heterocycles. The van der Waals surface area contributed by atoms with Gasteiger partial charge < -0.3 is 15.2 Å². The van der Waals surface area contributed by atoms with E-state index in [1.807, 2.05) is 18.2 Å². The van der Waals surface area contributed by atoms with Crippen molar-refractivity contribution in [2.24, 2.45) is 0 Å². The Labute approximate surface area is 110 Å². The molecule has 0 saturated heterocycles. The van der Waals surface area contributed by atoms with E-state index >= 15 is 0 Å². The first-order valence-corrected chi connectivity index (χ1v) is 5.66. The zero-order valence-electron chi connectivity index (χ0n) is 10.5. The number of ether oxygens (including phenoxy) is 1. The maximum atomic E-state index is 11.6. The smallest absolute Gasteiger partial charge is 0.328 e. The van der Waals surface area contributed by atoms with Crippen LogP contribution in [-0.2, 0) is 25.5 Å². The second-order valence-electron chi connectivity index (χ2n) is 3.90. The number of amides is 1. The minimum atomic E-state index is -1.25. The predicted octanol–water partition coefficient (Wildman–Crippen LogP) is 0.362. The summed E-state index contributed by atoms with van der Waals surface area (Å²) in [6.07, 6.45) is -0.429. The lowest BCUT2D eigenvalue weighted by molar-refractivity contribution is -0.147. The first kappa shape index (κ1) is 14.7. The molecule has 0 aliphatic carbocycles. The van der Waals surface area contributed by atoms with Crippen molar-refractivity contribution in [1.29, 1.82) is 0 Å². The third-order valence-corrected chi connectivity index (χ3v) is 2.42. The standard InChI is InChI=1S/C13H15NO5/c1-19-13(18)10(14-11(15)8-12(16)17)7-9-5-3-2-4-6-9/h2-6,10H,7-8H2,1H3,(H,14,15)(H,16,17). The van der Waals surface area contributed by atoms with Gasteiger partial charge in [0.2, 0.25) is 5.91 Å². The van der Waals surface area contributed by atoms with Crippen molar-refractivity contribution in [2.45, 2.75) is 18.9 Å². The van der Waals surface area contributed by atoms with Crippen molar-refractivity contribution in [1.82, 2.24) is 5.32 Å². The summed E-state index contributed by atoms with van der Waals surface area (Å²) in [5.41, 5.74) is 0.841. The summed E-state index contributed by atoms with van der Waals surface area (Å²) in [6, 6.07) is 8.17. The van der Waals surface area contributed by atoms with Gasteiger partial charge in [-0.05, 0) is 5.56 Å². The molecule has 0 aromatic heterocycles. The van der Waals surface area contributed by atoms with E-state index in [0.29, 0.717) is 0 Å². The van der Waals surface area contributed by atoms with E-state index in [0.717, 1.165) is 5.56 Å². The number of hydrogen-bond donors (Lipinski definition) is 2. The Kier molecular flexibility index (Phi) is 5.53. The Bertz CT molecular complexity index is 457. The minimum Gasteiger partial charge on any atom is -0.481 e. The molecule has 0 fully saturated rings. The van der Waals surface area contributed by atoms with Crippen molar-refractivity contribution in [3.63, 3.8) is 0 Å². The van der Waals surface area contributed by atoms with Crippen LogP contribution in [0, 0.1) is 0 Å². The molecule has 0 spiro atoms. The summed E-state index contributed by atoms with van der Waals surface area (Å²) in [5.74, 6) is -2.58. The first-order valence-electron chi connectivity index (χ1n) is 5.66. The Morgan fingerprint density at radius 1 is 1.26 bits per heavy atom. The molecule has 1 atom stereocenters. The van der Waals surface area contributed by atoms with E-state index in [4.69, 9.17) is 5.11 Å². The van der Waals surface area contributed by atoms with Crippen LogP contribution in [-0.4, -0.2) is 36.1 Å². The zero-order chi connectivity index (χ0) is 14.3. The van der Waals surface area contributed by atoms with Gasteiger partial charge in [-0.15, -0.1) is 0 Å². The largest absolute Gasteiger partial charge is 0.481 e. The van der Waals surface area contributed by atoms with Gasteiger partial charge in [-0.2, -0.15) is 0 Å². The molecule has 0 bridgehead atoms. The fourth-order valence-corrected chi connectivity index (χ4v) is 1.57. The number of esters is 1. The molecule has 0 saturated carbocycles. The maximum absolute atomic E-state index is 11.6. The quantitative estimate of drug-likeness (QED) is 0.572. The molecule has 1 rings (SSSR count). The van der Waals surface area contributed by atoms with Gasteiger partial charge in [0.05, 0.1) is 7.11 Å². The second kappa shape index (κ2) is 7.15. The average molecular weight is 265 g/mol. The van der Waals surface area contributed by atoms with Gasteiger partial charge in [0.1, 0.15) is 12.5 Å². The van der Waals surface area contributed by atoms with Crippen molar-refractivity contribution in [3.05, 3.63) is 35.9 Å². The number of aliphatic carboxylic acids is 1. The Balaban J connectivity index is 2.70. The fraction of sp³-hybridized carbons (Fsp3) is 0.308. The van der Waals surface area contributed by atoms with Crippen LogP contribution in [0.2, 0.25) is 0 Å². The first-order chi connectivity index (χ1) is 9.02. The van der Waals surface area contributed by atoms with E-state index in [-0.39, 0.29) is 6.42 Å². The lowest BCUT2D eigenvalue weighted by Crippen LogP contribution is -2.43. The van der Waals surface area contributed by atoms with Crippen LogP contribution in [0.5, 0.6) is 0 Å². The molecular formula is C13H15NO5. The van der Waals surface area contributed by atoms with Gasteiger partial charge in [0.25, 0.3) is 0 Å². The van der Waals surface area contributed by atoms with Crippen LogP contribution >= 0.6 is 0 Å². The van der Waals surface area contributed by atoms with Crippen LogP contribution in [0.25, 0.3) is 0 Å². The summed E-state index contributed by atoms with van der Waals surface area (Å²) in [4.78, 5) is 33.3. The van der Waals surface area contributed by atoms with Crippen LogP contribution < -0.4 is 5.32 Å². The van der Waals surface area contributed by atoms with Crippen LogP contribution in [0.4, 0.5) is 0 Å². The van der Waals surface area contributed by atoms with E-state index in [1.165, 1.54) is 7.11 Å². The molecule has 102 valence electrons. The van der Waals surface area contributed by atoms with Gasteiger partial charge >= 0.3 is 11.9 Å². The van der Waals surface area contributed by atoms with Gasteiger partial charge in [-0.1, -0.05) is 30.3 Å². The van der Waals surface area contributed by atoms with E-state index in [9.17, 15) is 14.4 Å². The molecule has 0 aliphatic rings. The molecule has 19 heavy (non-hydrogen) atoms. The van der Waals surface area contributed by atoms with Gasteiger partial charge in [0, 0.05) is 6.42 Å². The third-order valence-electron chi connectivity index (χ3n) is 2.42. The van der Waals surface area contributed by atoms with Crippen molar-refractivity contribution in [3.8, 4) is 0 Å². The number of hydrogen-bond acceptors (Lipinski definition) is 4. The normalized spacial score (nSPS) is 11.4. The average Bonchev–Trinajstić information content (AvgIpc) is 2.37. The van der Waals surface area contributed by atoms with Crippen molar-refractivity contribution in [2.75, 3.05) is 7.11 Å². The third kappa shape index (κ3) is 5.20. The fourth-order valence-electron chi connectivity index (χ4n) is 1.57. The molecular weight excluding hydrogens is 250 g/mol. The molecule has 0 aliphatic heterocycles. The number of carbonyl (C=O) groups excluding carboxylic acids is 2. The highest BCUT2D eigenvalue weighted by molar-refractivity contribution is 5.95. The molecule has 1 aromatic carbocycles. The highest BCUT2D eigenvalue weighted by Gasteiger charge is 2.22. The molecule has 1 aromatic rings. The number of carbonyl (C=O) groups is 3. The number of benzene rings is 1. The molecule has 1 unspecified atom stereocenters. The monoisotopic (exact) mass is 265 g/mol. The highest BCUT2D eigenvalue weighted by atomic mass is 16.5. The number of nitrogens with one attached hydrogen (secondary N) is 1. The topological polar surface area (TPSA) is 92.7 Å². The number of carboxylic acid groups (broad SMARTS) is 1. The van der Waals surface area contributed by atoms with Crippen molar-refractivity contribution >= 4 is 17.8 Å². The lowest BCUT2D eigenvalue weighted by atomic mass is 10.1. The van der Waals surface area contributed by atoms with Crippen LogP contribution in [0.15, 0.2) is 30.3 Å².